The molecule has 0 aromatic rings. The number of thioether (sulfide) groups is 1. The minimum absolute atomic E-state index is 0.421. The molecule has 0 bridgehead atoms. The van der Waals surface area contributed by atoms with Gasteiger partial charge in [-0.3, -0.25) is 4.99 Å². The number of rotatable bonds is 0. The van der Waals surface area contributed by atoms with Crippen molar-refractivity contribution >= 4 is 16.9 Å². The topological polar surface area (TPSA) is 15.6 Å². The second kappa shape index (κ2) is 2.77. The summed E-state index contributed by atoms with van der Waals surface area (Å²) in [7, 11) is 1.86. The summed E-state index contributed by atoms with van der Waals surface area (Å²) in [6.45, 7) is 9.85. The van der Waals surface area contributed by atoms with Crippen LogP contribution in [0.2, 0.25) is 0 Å². The standard InChI is InChI=1S/C10H16N2S/c1-7-8-5-10(2,3)6-12(8)9(11-4)13-7/h8H,1,5-6H2,2-4H3. The van der Waals surface area contributed by atoms with Crippen LogP contribution in [0.1, 0.15) is 20.3 Å². The second-order valence-electron chi connectivity index (χ2n) is 4.59. The fourth-order valence-electron chi connectivity index (χ4n) is 2.18. The number of fused-ring (bicyclic) bond motifs is 1. The lowest BCUT2D eigenvalue weighted by Gasteiger charge is -2.19. The van der Waals surface area contributed by atoms with Gasteiger partial charge in [-0.2, -0.15) is 0 Å². The lowest BCUT2D eigenvalue weighted by molar-refractivity contribution is 0.377. The number of nitrogens with zero attached hydrogens (tertiary/aromatic N) is 2. The highest BCUT2D eigenvalue weighted by Gasteiger charge is 2.44. The van der Waals surface area contributed by atoms with Crippen LogP contribution in [0.25, 0.3) is 0 Å². The van der Waals surface area contributed by atoms with E-state index in [9.17, 15) is 0 Å². The van der Waals surface area contributed by atoms with Crippen molar-refractivity contribution in [3.63, 3.8) is 0 Å². The largest absolute Gasteiger partial charge is 0.343 e. The predicted octanol–water partition coefficient (Wildman–Crippen LogP) is 2.33. The first-order valence-corrected chi connectivity index (χ1v) is 5.45. The van der Waals surface area contributed by atoms with Crippen LogP contribution in [-0.4, -0.2) is 29.7 Å². The molecule has 2 aliphatic heterocycles. The van der Waals surface area contributed by atoms with Gasteiger partial charge in [0, 0.05) is 18.5 Å². The Bertz CT molecular complexity index is 281. The molecule has 2 nitrogen and oxygen atoms in total. The van der Waals surface area contributed by atoms with Gasteiger partial charge in [-0.05, 0) is 11.8 Å². The summed E-state index contributed by atoms with van der Waals surface area (Å²) >= 11 is 1.74. The SMILES string of the molecule is C=C1SC(=NC)N2CC(C)(C)CC12. The van der Waals surface area contributed by atoms with E-state index in [2.05, 4.69) is 30.3 Å². The van der Waals surface area contributed by atoms with E-state index in [0.717, 1.165) is 11.7 Å². The molecule has 2 aliphatic rings. The van der Waals surface area contributed by atoms with Gasteiger partial charge < -0.3 is 4.90 Å². The molecule has 0 saturated carbocycles. The van der Waals surface area contributed by atoms with Crippen molar-refractivity contribution < 1.29 is 0 Å². The molecule has 0 radical (unpaired) electrons. The molecule has 2 rings (SSSR count). The fraction of sp³-hybridized carbons (Fsp3) is 0.700. The molecular weight excluding hydrogens is 180 g/mol. The fourth-order valence-corrected chi connectivity index (χ4v) is 3.16. The first-order chi connectivity index (χ1) is 6.03. The Morgan fingerprint density at radius 1 is 1.62 bits per heavy atom. The van der Waals surface area contributed by atoms with E-state index in [-0.39, 0.29) is 0 Å². The summed E-state index contributed by atoms with van der Waals surface area (Å²) in [5.74, 6) is 0. The average molecular weight is 196 g/mol. The molecule has 2 heterocycles. The lowest BCUT2D eigenvalue weighted by Crippen LogP contribution is -2.28. The first kappa shape index (κ1) is 9.13. The average Bonchev–Trinajstić information content (AvgIpc) is 2.47. The Morgan fingerprint density at radius 2 is 2.31 bits per heavy atom. The van der Waals surface area contributed by atoms with E-state index in [1.54, 1.807) is 11.8 Å². The maximum atomic E-state index is 4.29. The van der Waals surface area contributed by atoms with Gasteiger partial charge in [-0.1, -0.05) is 32.2 Å². The molecule has 0 spiro atoms. The van der Waals surface area contributed by atoms with Gasteiger partial charge in [0.2, 0.25) is 0 Å². The lowest BCUT2D eigenvalue weighted by atomic mass is 9.91. The molecular formula is C10H16N2S. The summed E-state index contributed by atoms with van der Waals surface area (Å²) < 4.78 is 0. The van der Waals surface area contributed by atoms with Crippen LogP contribution in [0.4, 0.5) is 0 Å². The van der Waals surface area contributed by atoms with Crippen molar-refractivity contribution in [2.75, 3.05) is 13.6 Å². The van der Waals surface area contributed by atoms with Crippen molar-refractivity contribution in [3.05, 3.63) is 11.5 Å². The summed E-state index contributed by atoms with van der Waals surface area (Å²) in [4.78, 5) is 7.96. The van der Waals surface area contributed by atoms with Crippen LogP contribution in [0.3, 0.4) is 0 Å². The van der Waals surface area contributed by atoms with E-state index >= 15 is 0 Å². The number of hydrogen-bond donors (Lipinski definition) is 0. The zero-order chi connectivity index (χ0) is 9.64. The highest BCUT2D eigenvalue weighted by Crippen LogP contribution is 2.46. The molecule has 3 heteroatoms. The van der Waals surface area contributed by atoms with E-state index in [4.69, 9.17) is 0 Å². The summed E-state index contributed by atoms with van der Waals surface area (Å²) in [6, 6.07) is 0.540. The maximum Gasteiger partial charge on any atom is 0.164 e. The molecule has 0 aliphatic carbocycles. The molecule has 2 fully saturated rings. The van der Waals surface area contributed by atoms with E-state index in [0.29, 0.717) is 11.5 Å². The molecule has 0 aromatic heterocycles. The summed E-state index contributed by atoms with van der Waals surface area (Å²) in [5, 5.41) is 1.15. The molecule has 2 saturated heterocycles. The minimum Gasteiger partial charge on any atom is -0.343 e. The van der Waals surface area contributed by atoms with Gasteiger partial charge in [0.1, 0.15) is 0 Å². The molecule has 0 aromatic carbocycles. The van der Waals surface area contributed by atoms with Crippen LogP contribution in [0.15, 0.2) is 16.5 Å². The Morgan fingerprint density at radius 3 is 2.92 bits per heavy atom. The molecule has 1 atom stereocenters. The minimum atomic E-state index is 0.421. The number of amidine groups is 1. The smallest absolute Gasteiger partial charge is 0.164 e. The number of hydrogen-bond acceptors (Lipinski definition) is 2. The maximum absolute atomic E-state index is 4.29. The second-order valence-corrected chi connectivity index (χ2v) is 5.68. The quantitative estimate of drug-likeness (QED) is 0.591. The zero-order valence-electron chi connectivity index (χ0n) is 8.50. The van der Waals surface area contributed by atoms with Crippen molar-refractivity contribution in [2.45, 2.75) is 26.3 Å². The van der Waals surface area contributed by atoms with E-state index in [1.807, 2.05) is 7.05 Å². The molecule has 13 heavy (non-hydrogen) atoms. The third-order valence-corrected chi connectivity index (χ3v) is 3.89. The van der Waals surface area contributed by atoms with Crippen LogP contribution < -0.4 is 0 Å². The van der Waals surface area contributed by atoms with Crippen LogP contribution in [0, 0.1) is 5.41 Å². The van der Waals surface area contributed by atoms with Gasteiger partial charge in [-0.15, -0.1) is 0 Å². The highest BCUT2D eigenvalue weighted by molar-refractivity contribution is 8.17. The van der Waals surface area contributed by atoms with Gasteiger partial charge in [0.05, 0.1) is 6.04 Å². The third kappa shape index (κ3) is 1.39. The molecule has 72 valence electrons. The van der Waals surface area contributed by atoms with Crippen LogP contribution >= 0.6 is 11.8 Å². The van der Waals surface area contributed by atoms with Crippen molar-refractivity contribution in [1.29, 1.82) is 0 Å². The predicted molar refractivity (Wildman–Crippen MR) is 59.0 cm³/mol. The molecule has 1 unspecified atom stereocenters. The Labute approximate surface area is 84.1 Å². The van der Waals surface area contributed by atoms with Crippen molar-refractivity contribution in [2.24, 2.45) is 10.4 Å². The third-order valence-electron chi connectivity index (χ3n) is 2.75. The van der Waals surface area contributed by atoms with Crippen LogP contribution in [-0.2, 0) is 0 Å². The van der Waals surface area contributed by atoms with E-state index < -0.39 is 0 Å². The molecule has 0 N–H and O–H groups in total. The number of aliphatic imine (C=N–C) groups is 1. The summed E-state index contributed by atoms with van der Waals surface area (Å²) in [6.07, 6.45) is 1.22. The van der Waals surface area contributed by atoms with Crippen LogP contribution in [0.5, 0.6) is 0 Å². The van der Waals surface area contributed by atoms with Gasteiger partial charge in [0.15, 0.2) is 5.17 Å². The van der Waals surface area contributed by atoms with Crippen molar-refractivity contribution in [1.82, 2.24) is 4.90 Å². The zero-order valence-corrected chi connectivity index (χ0v) is 9.32. The Balaban J connectivity index is 2.27. The van der Waals surface area contributed by atoms with Crippen molar-refractivity contribution in [3.8, 4) is 0 Å². The first-order valence-electron chi connectivity index (χ1n) is 4.63. The monoisotopic (exact) mass is 196 g/mol. The van der Waals surface area contributed by atoms with Gasteiger partial charge in [-0.25, -0.2) is 0 Å². The van der Waals surface area contributed by atoms with Gasteiger partial charge >= 0.3 is 0 Å². The highest BCUT2D eigenvalue weighted by atomic mass is 32.2. The van der Waals surface area contributed by atoms with Gasteiger partial charge in [0.25, 0.3) is 0 Å². The molecule has 0 amide bonds. The Kier molecular flexibility index (Phi) is 1.95. The van der Waals surface area contributed by atoms with E-state index in [1.165, 1.54) is 11.3 Å². The Hall–Kier alpha value is -0.440. The summed E-state index contributed by atoms with van der Waals surface area (Å²) in [5.41, 5.74) is 0.421. The normalized spacial score (nSPS) is 34.4.